The lowest BCUT2D eigenvalue weighted by Gasteiger charge is -2.12. The third kappa shape index (κ3) is 15.6. The van der Waals surface area contributed by atoms with E-state index in [1.807, 2.05) is 97.1 Å². The molecular weight excluding hydrogens is 1810 g/mol. The molecule has 149 heavy (non-hydrogen) atoms. The highest BCUT2D eigenvalue weighted by Crippen LogP contribution is 2.47. The van der Waals surface area contributed by atoms with Crippen molar-refractivity contribution in [3.8, 4) is 131 Å². The van der Waals surface area contributed by atoms with Crippen molar-refractivity contribution in [3.05, 3.63) is 522 Å². The Morgan fingerprint density at radius 2 is 0.302 bits per heavy atom. The van der Waals surface area contributed by atoms with Crippen molar-refractivity contribution in [1.29, 1.82) is 0 Å². The highest BCUT2D eigenvalue weighted by Gasteiger charge is 2.26. The maximum absolute atomic E-state index is 5.10. The Morgan fingerprint density at radius 3 is 0.597 bits per heavy atom. The van der Waals surface area contributed by atoms with Crippen LogP contribution in [0.25, 0.3) is 282 Å². The van der Waals surface area contributed by atoms with Gasteiger partial charge in [-0.05, 0) is 213 Å². The zero-order valence-electron chi connectivity index (χ0n) is 80.5. The second-order valence-corrected chi connectivity index (χ2v) is 37.8. The Bertz CT molecular complexity index is 10100. The molecule has 0 atom stereocenters. The first-order chi connectivity index (χ1) is 73.8. The Kier molecular flexibility index (Phi) is 21.3. The molecule has 0 fully saturated rings. The van der Waals surface area contributed by atoms with Crippen molar-refractivity contribution in [1.82, 2.24) is 58.6 Å². The Balaban J connectivity index is 0.000000108. The van der Waals surface area contributed by atoms with Crippen molar-refractivity contribution in [2.45, 2.75) is 0 Å². The molecule has 0 aliphatic carbocycles. The molecule has 0 aliphatic heterocycles. The molecule has 12 nitrogen and oxygen atoms in total. The van der Waals surface area contributed by atoms with E-state index in [0.29, 0.717) is 52.4 Å². The average molecular weight is 1900 g/mol. The quantitative estimate of drug-likeness (QED) is 0.111. The summed E-state index contributed by atoms with van der Waals surface area (Å²) in [5, 5.41) is 27.3. The van der Waals surface area contributed by atoms with E-state index in [1.54, 1.807) is 0 Å². The summed E-state index contributed by atoms with van der Waals surface area (Å²) in [7, 11) is 0. The van der Waals surface area contributed by atoms with Gasteiger partial charge >= 0.3 is 0 Å². The topological polar surface area (TPSA) is 131 Å². The normalized spacial score (nSPS) is 11.6. The first-order valence-electron chi connectivity index (χ1n) is 50.3. The highest BCUT2D eigenvalue weighted by molar-refractivity contribution is 6.31. The lowest BCUT2D eigenvalue weighted by molar-refractivity contribution is 1.07. The van der Waals surface area contributed by atoms with Crippen LogP contribution in [0.1, 0.15) is 0 Å². The second kappa shape index (κ2) is 36.6. The molecule has 30 aromatic rings. The number of hydrogen-bond acceptors (Lipinski definition) is 9. The molecule has 6 aromatic heterocycles. The molecule has 0 saturated heterocycles. The van der Waals surface area contributed by atoms with Gasteiger partial charge in [-0.25, -0.2) is 44.9 Å². The molecule has 0 saturated carbocycles. The molecule has 0 N–H and O–H groups in total. The predicted octanol–water partition coefficient (Wildman–Crippen LogP) is 34.8. The summed E-state index contributed by atoms with van der Waals surface area (Å²) < 4.78 is 7.16. The summed E-state index contributed by atoms with van der Waals surface area (Å²) in [6.07, 6.45) is 0. The molecular formula is C137H86N12. The van der Waals surface area contributed by atoms with Gasteiger partial charge < -0.3 is 13.7 Å². The van der Waals surface area contributed by atoms with Crippen molar-refractivity contribution >= 4 is 152 Å². The molecule has 0 aliphatic rings. The van der Waals surface area contributed by atoms with Crippen molar-refractivity contribution in [2.24, 2.45) is 0 Å². The Morgan fingerprint density at radius 1 is 0.107 bits per heavy atom. The van der Waals surface area contributed by atoms with E-state index in [4.69, 9.17) is 44.9 Å². The summed E-state index contributed by atoms with van der Waals surface area (Å²) in [5.41, 5.74) is 21.0. The maximum atomic E-state index is 5.10. The summed E-state index contributed by atoms with van der Waals surface area (Å²) in [6, 6.07) is 184. The number of nitrogens with zero attached hydrogens (tertiary/aromatic N) is 12. The van der Waals surface area contributed by atoms with Gasteiger partial charge in [-0.15, -0.1) is 0 Å². The number of rotatable bonds is 13. The minimum absolute atomic E-state index is 0.634. The summed E-state index contributed by atoms with van der Waals surface area (Å²) in [4.78, 5) is 45.2. The van der Waals surface area contributed by atoms with E-state index >= 15 is 0 Å². The molecule has 0 unspecified atom stereocenters. The first-order valence-corrected chi connectivity index (χ1v) is 50.3. The van der Waals surface area contributed by atoms with Gasteiger partial charge in [-0.2, -0.15) is 0 Å². The van der Waals surface area contributed by atoms with E-state index in [0.717, 1.165) is 89.0 Å². The Labute approximate surface area is 856 Å². The molecule has 694 valence electrons. The van der Waals surface area contributed by atoms with Crippen LogP contribution in [0.5, 0.6) is 0 Å². The van der Waals surface area contributed by atoms with Gasteiger partial charge in [0.15, 0.2) is 52.4 Å². The lowest BCUT2D eigenvalue weighted by Crippen LogP contribution is -2.01. The molecule has 0 spiro atoms. The summed E-state index contributed by atoms with van der Waals surface area (Å²) in [6.45, 7) is 0. The molecule has 6 heterocycles. The van der Waals surface area contributed by atoms with E-state index in [2.05, 4.69) is 438 Å². The standard InChI is InChI=1S/C49H30N4.C47H30N4.C41H26N4/c1-3-13-36-29-38(19-17-31(36)9-1)48-50-47(51-49(52-48)39-20-18-32-10-2-4-14-37(32)30-39)35-21-25-40(26-22-35)53-43-27-23-33-11-5-7-15-41(33)45(43)46-42-16-8-6-12-34(42)24-28-44(46)53;1-3-12-31(13-4-1)36-18-11-19-37(30-36)47-49-45(34-16-5-2-6-17-34)48-46(50-47)35-22-26-38(27-23-35)51-41-28-24-32-14-7-9-20-39(32)43(41)44-40-21-10-8-15-33(40)25-29-42(44)51;1-3-14-29(15-4-1)39-42-40(30-16-5-2-6-17-30)44-41(43-39)31-18-11-19-32(26-31)45-35-24-22-27-12-7-9-20-33(27)37(35)38-34-21-10-8-13-28(34)23-25-36(38)45/h1-30H;1-30H;1-26H. The van der Waals surface area contributed by atoms with Crippen LogP contribution in [0, 0.1) is 0 Å². The molecule has 24 aromatic carbocycles. The largest absolute Gasteiger partial charge is 0.309 e. The van der Waals surface area contributed by atoms with Gasteiger partial charge in [0.2, 0.25) is 0 Å². The number of fused-ring (bicyclic) bond motifs is 23. The monoisotopic (exact) mass is 1900 g/mol. The lowest BCUT2D eigenvalue weighted by atomic mass is 10.00. The predicted molar refractivity (Wildman–Crippen MR) is 617 cm³/mol. The third-order valence-corrected chi connectivity index (χ3v) is 29.0. The zero-order chi connectivity index (χ0) is 98.4. The van der Waals surface area contributed by atoms with Crippen molar-refractivity contribution in [2.75, 3.05) is 0 Å². The number of hydrogen-bond donors (Lipinski definition) is 0. The van der Waals surface area contributed by atoms with E-state index in [9.17, 15) is 0 Å². The molecule has 30 rings (SSSR count). The summed E-state index contributed by atoms with van der Waals surface area (Å²) in [5.74, 6) is 5.79. The van der Waals surface area contributed by atoms with Gasteiger partial charge in [0.05, 0.1) is 33.1 Å². The Hall–Kier alpha value is -20.2. The fraction of sp³-hybridized carbons (Fsp3) is 0. The fourth-order valence-electron chi connectivity index (χ4n) is 22.0. The van der Waals surface area contributed by atoms with Crippen LogP contribution >= 0.6 is 0 Å². The van der Waals surface area contributed by atoms with Gasteiger partial charge in [0.1, 0.15) is 0 Å². The minimum Gasteiger partial charge on any atom is -0.309 e. The molecule has 0 amide bonds. The number of aromatic nitrogens is 12. The zero-order valence-corrected chi connectivity index (χ0v) is 80.5. The first kappa shape index (κ1) is 86.7. The van der Waals surface area contributed by atoms with Crippen LogP contribution in [-0.4, -0.2) is 58.6 Å². The van der Waals surface area contributed by atoms with Crippen molar-refractivity contribution < 1.29 is 0 Å². The third-order valence-electron chi connectivity index (χ3n) is 29.0. The van der Waals surface area contributed by atoms with E-state index < -0.39 is 0 Å². The maximum Gasteiger partial charge on any atom is 0.164 e. The smallest absolute Gasteiger partial charge is 0.164 e. The summed E-state index contributed by atoms with van der Waals surface area (Å²) >= 11 is 0. The molecule has 12 heteroatoms. The molecule has 0 radical (unpaired) electrons. The van der Waals surface area contributed by atoms with Gasteiger partial charge in [-0.3, -0.25) is 0 Å². The van der Waals surface area contributed by atoms with E-state index in [-0.39, 0.29) is 0 Å². The van der Waals surface area contributed by atoms with Crippen LogP contribution in [0.15, 0.2) is 522 Å². The fourth-order valence-corrected chi connectivity index (χ4v) is 22.0. The van der Waals surface area contributed by atoms with E-state index in [1.165, 1.54) is 141 Å². The SMILES string of the molecule is c1ccc(-c2cccc(-c3nc(-c4ccccc4)nc(-c4ccc(-n5c6ccc7ccccc7c6c6c7ccccc7ccc65)cc4)n3)c2)cc1.c1ccc(-c2nc(-c3ccccc3)nc(-c3cccc(-n4c5ccc6ccccc6c5c5c6ccccc6ccc54)c3)n2)cc1.c1ccc2cc(-c3nc(-c4ccc(-n5c6ccc7ccccc7c6c6c7ccccc7ccc65)cc4)nc(-c4ccc5ccccc5c4)n3)ccc2c1. The van der Waals surface area contributed by atoms with Gasteiger partial charge in [0.25, 0.3) is 0 Å². The minimum atomic E-state index is 0.634. The van der Waals surface area contributed by atoms with Crippen LogP contribution < -0.4 is 0 Å². The van der Waals surface area contributed by atoms with Gasteiger partial charge in [-0.1, -0.05) is 406 Å². The van der Waals surface area contributed by atoms with Crippen LogP contribution in [-0.2, 0) is 0 Å². The highest BCUT2D eigenvalue weighted by atomic mass is 15.1. The molecule has 0 bridgehead atoms. The van der Waals surface area contributed by atoms with Crippen LogP contribution in [0.4, 0.5) is 0 Å². The average Bonchev–Trinajstić information content (AvgIpc) is 1.57. The number of benzene rings is 24. The second-order valence-electron chi connectivity index (χ2n) is 37.8. The van der Waals surface area contributed by atoms with Crippen LogP contribution in [0.2, 0.25) is 0 Å². The van der Waals surface area contributed by atoms with Crippen LogP contribution in [0.3, 0.4) is 0 Å². The van der Waals surface area contributed by atoms with Crippen molar-refractivity contribution in [3.63, 3.8) is 0 Å². The van der Waals surface area contributed by atoms with Gasteiger partial charge in [0, 0.05) is 99.5 Å².